The smallest absolute Gasteiger partial charge is 0.422 e. The Hall–Kier alpha value is -1.35. The number of pyridine rings is 1. The Morgan fingerprint density at radius 3 is 2.41 bits per heavy atom. The van der Waals surface area contributed by atoms with Crippen LogP contribution in [-0.2, 0) is 10.0 Å². The zero-order chi connectivity index (χ0) is 16.5. The van der Waals surface area contributed by atoms with Gasteiger partial charge in [0.05, 0.1) is 6.20 Å². The molecule has 124 valence electrons. The van der Waals surface area contributed by atoms with Gasteiger partial charge in [0.2, 0.25) is 15.9 Å². The molecule has 5 nitrogen and oxygen atoms in total. The molecular weight excluding hydrogens is 321 g/mol. The van der Waals surface area contributed by atoms with Crippen LogP contribution in [0.1, 0.15) is 26.7 Å². The van der Waals surface area contributed by atoms with Crippen LogP contribution in [0.4, 0.5) is 13.2 Å². The van der Waals surface area contributed by atoms with Crippen LogP contribution in [0.3, 0.4) is 0 Å². The summed E-state index contributed by atoms with van der Waals surface area (Å²) < 4.78 is 67.1. The summed E-state index contributed by atoms with van der Waals surface area (Å²) in [6, 6.07) is 2.14. The predicted molar refractivity (Wildman–Crippen MR) is 73.0 cm³/mol. The van der Waals surface area contributed by atoms with Crippen LogP contribution in [0, 0.1) is 0 Å². The first kappa shape index (κ1) is 17.0. The van der Waals surface area contributed by atoms with Gasteiger partial charge in [-0.05, 0) is 32.8 Å². The topological polar surface area (TPSA) is 59.5 Å². The molecule has 0 amide bonds. The molecule has 0 radical (unpaired) electrons. The fourth-order valence-corrected chi connectivity index (χ4v) is 3.93. The van der Waals surface area contributed by atoms with Crippen LogP contribution in [-0.4, -0.2) is 42.6 Å². The van der Waals surface area contributed by atoms with Crippen molar-refractivity contribution in [3.05, 3.63) is 18.3 Å². The molecule has 0 saturated heterocycles. The molecule has 1 aliphatic carbocycles. The van der Waals surface area contributed by atoms with E-state index in [1.807, 2.05) is 0 Å². The summed E-state index contributed by atoms with van der Waals surface area (Å²) in [6.45, 7) is 2.10. The van der Waals surface area contributed by atoms with E-state index < -0.39 is 22.8 Å². The summed E-state index contributed by atoms with van der Waals surface area (Å²) in [6.07, 6.45) is -1.80. The van der Waals surface area contributed by atoms with E-state index in [4.69, 9.17) is 0 Å². The van der Waals surface area contributed by atoms with E-state index in [-0.39, 0.29) is 22.9 Å². The van der Waals surface area contributed by atoms with Crippen molar-refractivity contribution in [2.24, 2.45) is 0 Å². The summed E-state index contributed by atoms with van der Waals surface area (Å²) in [4.78, 5) is 3.59. The third kappa shape index (κ3) is 4.10. The lowest BCUT2D eigenvalue weighted by Gasteiger charge is -2.25. The quantitative estimate of drug-likeness (QED) is 0.800. The zero-order valence-corrected chi connectivity index (χ0v) is 13.0. The Morgan fingerprint density at radius 1 is 1.36 bits per heavy atom. The Labute approximate surface area is 127 Å². The highest BCUT2D eigenvalue weighted by atomic mass is 32.2. The van der Waals surface area contributed by atoms with E-state index in [1.165, 1.54) is 10.4 Å². The first-order chi connectivity index (χ1) is 10.1. The monoisotopic (exact) mass is 338 g/mol. The van der Waals surface area contributed by atoms with Gasteiger partial charge < -0.3 is 4.74 Å². The normalized spacial score (nSPS) is 16.3. The maximum Gasteiger partial charge on any atom is 0.422 e. The largest absolute Gasteiger partial charge is 0.468 e. The molecule has 0 spiro atoms. The third-order valence-electron chi connectivity index (χ3n) is 3.08. The Balaban J connectivity index is 2.15. The minimum Gasteiger partial charge on any atom is -0.468 e. The molecule has 9 heteroatoms. The van der Waals surface area contributed by atoms with E-state index in [9.17, 15) is 21.6 Å². The van der Waals surface area contributed by atoms with Crippen LogP contribution in [0.5, 0.6) is 5.88 Å². The summed E-state index contributed by atoms with van der Waals surface area (Å²) in [5.74, 6) is -0.265. The lowest BCUT2D eigenvalue weighted by atomic mass is 10.4. The van der Waals surface area contributed by atoms with Gasteiger partial charge in [-0.25, -0.2) is 13.4 Å². The third-order valence-corrected chi connectivity index (χ3v) is 5.20. The fraction of sp³-hybridized carbons (Fsp3) is 0.615. The molecule has 0 bridgehead atoms. The average molecular weight is 338 g/mol. The first-order valence-corrected chi connectivity index (χ1v) is 8.24. The van der Waals surface area contributed by atoms with Gasteiger partial charge in [0, 0.05) is 18.2 Å². The summed E-state index contributed by atoms with van der Waals surface area (Å²) in [5, 5.41) is 0. The van der Waals surface area contributed by atoms with E-state index in [0.29, 0.717) is 0 Å². The second kappa shape index (κ2) is 6.04. The van der Waals surface area contributed by atoms with Gasteiger partial charge >= 0.3 is 6.18 Å². The number of sulfonamides is 1. The van der Waals surface area contributed by atoms with Crippen LogP contribution in [0.2, 0.25) is 0 Å². The van der Waals surface area contributed by atoms with E-state index in [2.05, 4.69) is 9.72 Å². The Kier molecular flexibility index (Phi) is 4.67. The number of halogens is 3. The lowest BCUT2D eigenvalue weighted by Crippen LogP contribution is -2.38. The van der Waals surface area contributed by atoms with Gasteiger partial charge in [0.1, 0.15) is 4.90 Å². The second-order valence-electron chi connectivity index (χ2n) is 5.40. The van der Waals surface area contributed by atoms with Crippen molar-refractivity contribution in [3.8, 4) is 5.88 Å². The molecule has 0 unspecified atom stereocenters. The number of ether oxygens (including phenoxy) is 1. The molecule has 1 aromatic heterocycles. The maximum absolute atomic E-state index is 12.5. The van der Waals surface area contributed by atoms with Gasteiger partial charge in [0.25, 0.3) is 0 Å². The number of alkyl halides is 3. The Bertz CT molecular complexity index is 608. The molecule has 22 heavy (non-hydrogen) atoms. The van der Waals surface area contributed by atoms with Crippen LogP contribution < -0.4 is 4.74 Å². The van der Waals surface area contributed by atoms with Crippen LogP contribution >= 0.6 is 0 Å². The number of rotatable bonds is 6. The molecular formula is C13H17F3N2O3S. The van der Waals surface area contributed by atoms with Gasteiger partial charge in [0.15, 0.2) is 6.61 Å². The van der Waals surface area contributed by atoms with Crippen molar-refractivity contribution in [1.82, 2.24) is 9.29 Å². The molecule has 0 aliphatic heterocycles. The van der Waals surface area contributed by atoms with Crippen molar-refractivity contribution in [2.75, 3.05) is 6.61 Å². The highest BCUT2D eigenvalue weighted by Crippen LogP contribution is 2.33. The van der Waals surface area contributed by atoms with E-state index in [0.717, 1.165) is 25.1 Å². The number of aromatic nitrogens is 1. The first-order valence-electron chi connectivity index (χ1n) is 6.80. The molecule has 0 atom stereocenters. The van der Waals surface area contributed by atoms with E-state index in [1.54, 1.807) is 13.8 Å². The SMILES string of the molecule is CC(C)N(C1CC1)S(=O)(=O)c1ccc(OCC(F)(F)F)nc1. The molecule has 1 fully saturated rings. The number of hydrogen-bond donors (Lipinski definition) is 0. The molecule has 0 N–H and O–H groups in total. The number of nitrogens with zero attached hydrogens (tertiary/aromatic N) is 2. The Morgan fingerprint density at radius 2 is 2.00 bits per heavy atom. The lowest BCUT2D eigenvalue weighted by molar-refractivity contribution is -0.154. The van der Waals surface area contributed by atoms with Crippen molar-refractivity contribution in [3.63, 3.8) is 0 Å². The molecule has 1 aromatic rings. The molecule has 1 aliphatic rings. The minimum atomic E-state index is -4.47. The van der Waals surface area contributed by atoms with Crippen molar-refractivity contribution in [2.45, 2.75) is 49.8 Å². The van der Waals surface area contributed by atoms with E-state index >= 15 is 0 Å². The highest BCUT2D eigenvalue weighted by Gasteiger charge is 2.39. The van der Waals surface area contributed by atoms with Crippen LogP contribution in [0.15, 0.2) is 23.2 Å². The minimum absolute atomic E-state index is 0.00819. The van der Waals surface area contributed by atoms with Crippen LogP contribution in [0.25, 0.3) is 0 Å². The summed E-state index contributed by atoms with van der Waals surface area (Å²) >= 11 is 0. The average Bonchev–Trinajstić information content (AvgIpc) is 3.20. The van der Waals surface area contributed by atoms with Gasteiger partial charge in [-0.2, -0.15) is 17.5 Å². The zero-order valence-electron chi connectivity index (χ0n) is 12.2. The summed E-state index contributed by atoms with van der Waals surface area (Å²) in [7, 11) is -3.70. The van der Waals surface area contributed by atoms with Gasteiger partial charge in [-0.1, -0.05) is 0 Å². The highest BCUT2D eigenvalue weighted by molar-refractivity contribution is 7.89. The number of hydrogen-bond acceptors (Lipinski definition) is 4. The van der Waals surface area contributed by atoms with Crippen molar-refractivity contribution < 1.29 is 26.3 Å². The van der Waals surface area contributed by atoms with Gasteiger partial charge in [-0.3, -0.25) is 0 Å². The molecule has 1 heterocycles. The summed E-state index contributed by atoms with van der Waals surface area (Å²) in [5.41, 5.74) is 0. The molecule has 2 rings (SSSR count). The second-order valence-corrected chi connectivity index (χ2v) is 7.24. The van der Waals surface area contributed by atoms with Gasteiger partial charge in [-0.15, -0.1) is 0 Å². The molecule has 0 aromatic carbocycles. The van der Waals surface area contributed by atoms with Crippen molar-refractivity contribution >= 4 is 10.0 Å². The van der Waals surface area contributed by atoms with Crippen molar-refractivity contribution in [1.29, 1.82) is 0 Å². The molecule has 1 saturated carbocycles. The fourth-order valence-electron chi connectivity index (χ4n) is 2.11. The predicted octanol–water partition coefficient (Wildman–Crippen LogP) is 2.58. The maximum atomic E-state index is 12.5. The standard InChI is InChI=1S/C13H17F3N2O3S/c1-9(2)18(10-3-4-10)22(19,20)11-5-6-12(17-7-11)21-8-13(14,15)16/h5-7,9-10H,3-4,8H2,1-2H3.